The Bertz CT molecular complexity index is 354. The molecule has 1 aromatic heterocycles. The molecule has 102 valence electrons. The normalized spacial score (nSPS) is 13.3. The molecular formula is C13H24N4O. The number of hydrogen-bond acceptors (Lipinski definition) is 3. The molecule has 1 rings (SSSR count). The molecule has 0 saturated carbocycles. The van der Waals surface area contributed by atoms with Crippen molar-refractivity contribution in [3.05, 3.63) is 18.5 Å². The molecule has 0 radical (unpaired) electrons. The SMILES string of the molecule is CC(C)(C)CC(N)CC(=O)NCCn1cccn1. The fraction of sp³-hybridized carbons (Fsp3) is 0.692. The molecule has 0 aromatic carbocycles. The average Bonchev–Trinajstić information content (AvgIpc) is 2.66. The summed E-state index contributed by atoms with van der Waals surface area (Å²) in [6.07, 6.45) is 4.83. The van der Waals surface area contributed by atoms with Crippen LogP contribution in [0.2, 0.25) is 0 Å². The summed E-state index contributed by atoms with van der Waals surface area (Å²) in [5, 5.41) is 6.92. The van der Waals surface area contributed by atoms with Gasteiger partial charge in [0.1, 0.15) is 0 Å². The maximum absolute atomic E-state index is 11.6. The van der Waals surface area contributed by atoms with Crippen LogP contribution in [0.15, 0.2) is 18.5 Å². The summed E-state index contributed by atoms with van der Waals surface area (Å²) in [4.78, 5) is 11.6. The topological polar surface area (TPSA) is 72.9 Å². The lowest BCUT2D eigenvalue weighted by Gasteiger charge is -2.22. The van der Waals surface area contributed by atoms with Crippen LogP contribution in [0, 0.1) is 5.41 Å². The number of amides is 1. The molecule has 5 nitrogen and oxygen atoms in total. The monoisotopic (exact) mass is 252 g/mol. The van der Waals surface area contributed by atoms with Crippen molar-refractivity contribution < 1.29 is 4.79 Å². The molecule has 1 aromatic rings. The Balaban J connectivity index is 2.17. The fourth-order valence-corrected chi connectivity index (χ4v) is 1.91. The van der Waals surface area contributed by atoms with Crippen molar-refractivity contribution in [1.82, 2.24) is 15.1 Å². The van der Waals surface area contributed by atoms with Gasteiger partial charge < -0.3 is 11.1 Å². The van der Waals surface area contributed by atoms with Crippen LogP contribution >= 0.6 is 0 Å². The Morgan fingerprint density at radius 1 is 1.50 bits per heavy atom. The maximum atomic E-state index is 11.6. The number of rotatable bonds is 6. The van der Waals surface area contributed by atoms with Gasteiger partial charge in [0.05, 0.1) is 6.54 Å². The van der Waals surface area contributed by atoms with E-state index in [4.69, 9.17) is 5.73 Å². The Morgan fingerprint density at radius 3 is 2.78 bits per heavy atom. The highest BCUT2D eigenvalue weighted by Crippen LogP contribution is 2.20. The predicted molar refractivity (Wildman–Crippen MR) is 71.9 cm³/mol. The van der Waals surface area contributed by atoms with Gasteiger partial charge in [0.15, 0.2) is 0 Å². The minimum Gasteiger partial charge on any atom is -0.354 e. The molecule has 0 spiro atoms. The standard InChI is InChI=1S/C13H24N4O/c1-13(2,3)10-11(14)9-12(18)15-6-8-17-7-4-5-16-17/h4-5,7,11H,6,8-10,14H2,1-3H3,(H,15,18). The van der Waals surface area contributed by atoms with Crippen LogP contribution in [0.5, 0.6) is 0 Å². The lowest BCUT2D eigenvalue weighted by Crippen LogP contribution is -2.35. The molecule has 0 fully saturated rings. The van der Waals surface area contributed by atoms with Gasteiger partial charge in [-0.25, -0.2) is 0 Å². The van der Waals surface area contributed by atoms with Gasteiger partial charge >= 0.3 is 0 Å². The summed E-state index contributed by atoms with van der Waals surface area (Å²) >= 11 is 0. The minimum absolute atomic E-state index is 0.0129. The van der Waals surface area contributed by atoms with Gasteiger partial charge in [-0.15, -0.1) is 0 Å². The third kappa shape index (κ3) is 6.39. The number of aromatic nitrogens is 2. The summed E-state index contributed by atoms with van der Waals surface area (Å²) < 4.78 is 1.79. The lowest BCUT2D eigenvalue weighted by molar-refractivity contribution is -0.121. The van der Waals surface area contributed by atoms with Gasteiger partial charge in [-0.1, -0.05) is 20.8 Å². The predicted octanol–water partition coefficient (Wildman–Crippen LogP) is 1.15. The van der Waals surface area contributed by atoms with Crippen molar-refractivity contribution in [2.24, 2.45) is 11.1 Å². The molecular weight excluding hydrogens is 228 g/mol. The van der Waals surface area contributed by atoms with Crippen molar-refractivity contribution >= 4 is 5.91 Å². The first-order chi connectivity index (χ1) is 8.37. The quantitative estimate of drug-likeness (QED) is 0.797. The third-order valence-corrected chi connectivity index (χ3v) is 2.54. The van der Waals surface area contributed by atoms with Crippen LogP contribution in [-0.4, -0.2) is 28.3 Å². The molecule has 0 aliphatic heterocycles. The number of hydrogen-bond donors (Lipinski definition) is 2. The van der Waals surface area contributed by atoms with E-state index in [1.807, 2.05) is 12.3 Å². The summed E-state index contributed by atoms with van der Waals surface area (Å²) in [6.45, 7) is 7.66. The molecule has 0 aliphatic carbocycles. The van der Waals surface area contributed by atoms with E-state index in [9.17, 15) is 4.79 Å². The van der Waals surface area contributed by atoms with E-state index in [0.29, 0.717) is 19.5 Å². The van der Waals surface area contributed by atoms with E-state index in [1.165, 1.54) is 0 Å². The van der Waals surface area contributed by atoms with Crippen LogP contribution in [0.3, 0.4) is 0 Å². The van der Waals surface area contributed by atoms with E-state index in [2.05, 4.69) is 31.2 Å². The van der Waals surface area contributed by atoms with Crippen molar-refractivity contribution in [3.8, 4) is 0 Å². The number of carbonyl (C=O) groups excluding carboxylic acids is 1. The van der Waals surface area contributed by atoms with E-state index in [-0.39, 0.29) is 17.4 Å². The van der Waals surface area contributed by atoms with Gasteiger partial charge in [-0.2, -0.15) is 5.10 Å². The van der Waals surface area contributed by atoms with Gasteiger partial charge in [0.2, 0.25) is 5.91 Å². The minimum atomic E-state index is -0.0743. The molecule has 1 amide bonds. The highest BCUT2D eigenvalue weighted by atomic mass is 16.1. The Hall–Kier alpha value is -1.36. The van der Waals surface area contributed by atoms with Crippen LogP contribution in [0.25, 0.3) is 0 Å². The van der Waals surface area contributed by atoms with E-state index >= 15 is 0 Å². The summed E-state index contributed by atoms with van der Waals surface area (Å²) in [6, 6.07) is 1.79. The smallest absolute Gasteiger partial charge is 0.221 e. The molecule has 3 N–H and O–H groups in total. The van der Waals surface area contributed by atoms with Gasteiger partial charge in [-0.3, -0.25) is 9.48 Å². The summed E-state index contributed by atoms with van der Waals surface area (Å²) in [5.41, 5.74) is 6.11. The largest absolute Gasteiger partial charge is 0.354 e. The summed E-state index contributed by atoms with van der Waals surface area (Å²) in [7, 11) is 0. The highest BCUT2D eigenvalue weighted by molar-refractivity contribution is 5.76. The second-order valence-electron chi connectivity index (χ2n) is 5.85. The number of nitrogens with one attached hydrogen (secondary N) is 1. The van der Waals surface area contributed by atoms with E-state index in [1.54, 1.807) is 10.9 Å². The molecule has 18 heavy (non-hydrogen) atoms. The van der Waals surface area contributed by atoms with Crippen molar-refractivity contribution in [3.63, 3.8) is 0 Å². The zero-order valence-corrected chi connectivity index (χ0v) is 11.5. The first kappa shape index (κ1) is 14.7. The maximum Gasteiger partial charge on any atom is 0.221 e. The molecule has 0 aliphatic rings. The molecule has 0 bridgehead atoms. The third-order valence-electron chi connectivity index (χ3n) is 2.54. The van der Waals surface area contributed by atoms with Crippen LogP contribution in [-0.2, 0) is 11.3 Å². The zero-order valence-electron chi connectivity index (χ0n) is 11.5. The second kappa shape index (κ2) is 6.54. The van der Waals surface area contributed by atoms with E-state index < -0.39 is 0 Å². The van der Waals surface area contributed by atoms with Crippen molar-refractivity contribution in [2.75, 3.05) is 6.54 Å². The fourth-order valence-electron chi connectivity index (χ4n) is 1.91. The van der Waals surface area contributed by atoms with Gasteiger partial charge in [0, 0.05) is 31.4 Å². The molecule has 1 unspecified atom stereocenters. The molecule has 1 heterocycles. The molecule has 5 heteroatoms. The number of carbonyl (C=O) groups is 1. The van der Waals surface area contributed by atoms with Gasteiger partial charge in [-0.05, 0) is 17.9 Å². The first-order valence-electron chi connectivity index (χ1n) is 6.36. The summed E-state index contributed by atoms with van der Waals surface area (Å²) in [5.74, 6) is 0.0129. The lowest BCUT2D eigenvalue weighted by atomic mass is 9.87. The van der Waals surface area contributed by atoms with E-state index in [0.717, 1.165) is 6.42 Å². The van der Waals surface area contributed by atoms with Crippen molar-refractivity contribution in [1.29, 1.82) is 0 Å². The molecule has 0 saturated heterocycles. The number of nitrogens with zero attached hydrogens (tertiary/aromatic N) is 2. The highest BCUT2D eigenvalue weighted by Gasteiger charge is 2.17. The Morgan fingerprint density at radius 2 is 2.22 bits per heavy atom. The first-order valence-corrected chi connectivity index (χ1v) is 6.36. The second-order valence-corrected chi connectivity index (χ2v) is 5.85. The van der Waals surface area contributed by atoms with Gasteiger partial charge in [0.25, 0.3) is 0 Å². The average molecular weight is 252 g/mol. The Labute approximate surface area is 109 Å². The number of nitrogens with two attached hydrogens (primary N) is 1. The van der Waals surface area contributed by atoms with Crippen LogP contribution < -0.4 is 11.1 Å². The van der Waals surface area contributed by atoms with Crippen LogP contribution in [0.1, 0.15) is 33.6 Å². The Kier molecular flexibility index (Phi) is 5.34. The molecule has 1 atom stereocenters. The van der Waals surface area contributed by atoms with Crippen LogP contribution in [0.4, 0.5) is 0 Å². The zero-order chi connectivity index (χ0) is 13.6. The van der Waals surface area contributed by atoms with Crippen molar-refractivity contribution in [2.45, 2.75) is 46.2 Å².